The van der Waals surface area contributed by atoms with E-state index < -0.39 is 0 Å². The molecule has 0 bridgehead atoms. The van der Waals surface area contributed by atoms with Gasteiger partial charge in [-0.05, 0) is 68.4 Å². The quantitative estimate of drug-likeness (QED) is 0.193. The average Bonchev–Trinajstić information content (AvgIpc) is 3.33. The van der Waals surface area contributed by atoms with Crippen molar-refractivity contribution >= 4 is 28.2 Å². The van der Waals surface area contributed by atoms with Crippen molar-refractivity contribution in [1.82, 2.24) is 20.4 Å². The molecule has 0 unspecified atom stereocenters. The van der Waals surface area contributed by atoms with E-state index in [0.29, 0.717) is 25.2 Å². The molecule has 37 heavy (non-hydrogen) atoms. The molecule has 2 heterocycles. The summed E-state index contributed by atoms with van der Waals surface area (Å²) in [6.45, 7) is 10.7. The maximum absolute atomic E-state index is 12.0. The maximum Gasteiger partial charge on any atom is 0.229 e. The van der Waals surface area contributed by atoms with Crippen LogP contribution in [0.5, 0.6) is 0 Å². The fraction of sp³-hybridized carbons (Fsp3) is 0.393. The Labute approximate surface area is 223 Å². The number of aromatic nitrogens is 4. The third-order valence-corrected chi connectivity index (χ3v) is 7.00. The second-order valence-corrected chi connectivity index (χ2v) is 10.1. The summed E-state index contributed by atoms with van der Waals surface area (Å²) in [5, 5.41) is 24.8. The molecule has 0 atom stereocenters. The van der Waals surface area contributed by atoms with Gasteiger partial charge in [0.2, 0.25) is 11.0 Å². The van der Waals surface area contributed by atoms with Gasteiger partial charge in [-0.25, -0.2) is 0 Å². The van der Waals surface area contributed by atoms with E-state index in [4.69, 9.17) is 5.73 Å². The molecule has 8 nitrogen and oxygen atoms in total. The molecule has 0 aliphatic heterocycles. The SMILES string of the molecule is C=C(Cc1cccc(CC)c1CN)Nc1nnc(CCCCc2ccc(NC(=O)C/C(C)=C/C)nn2)s1. The molecule has 1 aromatic carbocycles. The largest absolute Gasteiger partial charge is 0.334 e. The van der Waals surface area contributed by atoms with Gasteiger partial charge in [0, 0.05) is 31.5 Å². The third kappa shape index (κ3) is 8.87. The number of amides is 1. The van der Waals surface area contributed by atoms with Crippen LogP contribution < -0.4 is 16.4 Å². The van der Waals surface area contributed by atoms with Crippen molar-refractivity contribution in [3.8, 4) is 0 Å². The van der Waals surface area contributed by atoms with Crippen LogP contribution >= 0.6 is 11.3 Å². The minimum Gasteiger partial charge on any atom is -0.334 e. The van der Waals surface area contributed by atoms with Gasteiger partial charge >= 0.3 is 0 Å². The molecular formula is C28H37N7OS. The molecule has 0 spiro atoms. The molecule has 0 saturated heterocycles. The normalized spacial score (nSPS) is 11.4. The molecule has 3 aromatic rings. The van der Waals surface area contributed by atoms with E-state index >= 15 is 0 Å². The van der Waals surface area contributed by atoms with Gasteiger partial charge in [0.05, 0.1) is 5.69 Å². The number of carbonyl (C=O) groups is 1. The lowest BCUT2D eigenvalue weighted by molar-refractivity contribution is -0.115. The number of benzene rings is 1. The lowest BCUT2D eigenvalue weighted by atomic mass is 9.96. The highest BCUT2D eigenvalue weighted by Gasteiger charge is 2.10. The number of aryl methyl sites for hydroxylation is 3. The summed E-state index contributed by atoms with van der Waals surface area (Å²) in [5.74, 6) is 0.392. The van der Waals surface area contributed by atoms with Crippen LogP contribution in [0.25, 0.3) is 0 Å². The van der Waals surface area contributed by atoms with Crippen molar-refractivity contribution in [1.29, 1.82) is 0 Å². The van der Waals surface area contributed by atoms with Gasteiger partial charge in [0.15, 0.2) is 5.82 Å². The van der Waals surface area contributed by atoms with E-state index in [0.717, 1.165) is 59.2 Å². The molecule has 196 valence electrons. The molecular weight excluding hydrogens is 482 g/mol. The van der Waals surface area contributed by atoms with Crippen molar-refractivity contribution in [3.63, 3.8) is 0 Å². The molecule has 2 aromatic heterocycles. The van der Waals surface area contributed by atoms with E-state index in [1.54, 1.807) is 17.4 Å². The van der Waals surface area contributed by atoms with E-state index in [9.17, 15) is 4.79 Å². The van der Waals surface area contributed by atoms with Crippen LogP contribution in [0.2, 0.25) is 0 Å². The van der Waals surface area contributed by atoms with Crippen LogP contribution in [0.15, 0.2) is 54.3 Å². The predicted molar refractivity (Wildman–Crippen MR) is 151 cm³/mol. The summed E-state index contributed by atoms with van der Waals surface area (Å²) in [4.78, 5) is 12.0. The molecule has 0 aliphatic rings. The van der Waals surface area contributed by atoms with Gasteiger partial charge in [-0.3, -0.25) is 4.79 Å². The van der Waals surface area contributed by atoms with Crippen molar-refractivity contribution in [3.05, 3.63) is 81.6 Å². The fourth-order valence-corrected chi connectivity index (χ4v) is 4.79. The van der Waals surface area contributed by atoms with E-state index in [1.165, 1.54) is 16.7 Å². The van der Waals surface area contributed by atoms with Crippen LogP contribution in [-0.2, 0) is 37.0 Å². The maximum atomic E-state index is 12.0. The number of rotatable bonds is 14. The number of anilines is 2. The Hall–Kier alpha value is -3.43. The van der Waals surface area contributed by atoms with Crippen LogP contribution in [0, 0.1) is 0 Å². The highest BCUT2D eigenvalue weighted by molar-refractivity contribution is 7.15. The van der Waals surface area contributed by atoms with E-state index in [-0.39, 0.29) is 5.91 Å². The number of unbranched alkanes of at least 4 members (excludes halogenated alkanes) is 1. The van der Waals surface area contributed by atoms with Crippen molar-refractivity contribution in [2.75, 3.05) is 10.6 Å². The van der Waals surface area contributed by atoms with Crippen LogP contribution in [-0.4, -0.2) is 26.3 Å². The van der Waals surface area contributed by atoms with Crippen LogP contribution in [0.4, 0.5) is 10.9 Å². The number of nitrogens with one attached hydrogen (secondary N) is 2. The third-order valence-electron chi connectivity index (χ3n) is 6.10. The first-order valence-electron chi connectivity index (χ1n) is 12.7. The minimum absolute atomic E-state index is 0.0850. The van der Waals surface area contributed by atoms with Gasteiger partial charge in [0.1, 0.15) is 5.01 Å². The zero-order chi connectivity index (χ0) is 26.6. The van der Waals surface area contributed by atoms with E-state index in [2.05, 4.69) is 62.7 Å². The Bertz CT molecular complexity index is 1220. The standard InChI is InChI=1S/C28H37N7OS/c1-5-19(3)16-26(36)31-25-15-14-23(32-33-25)12-7-8-13-27-34-35-28(37-27)30-20(4)17-22-11-9-10-21(6-2)24(22)18-29/h5,9-11,14-15H,4,6-8,12-13,16-18,29H2,1-3H3,(H,30,35)(H,31,33,36)/b19-5+. The highest BCUT2D eigenvalue weighted by Crippen LogP contribution is 2.22. The summed E-state index contributed by atoms with van der Waals surface area (Å²) in [6.07, 6.45) is 7.57. The van der Waals surface area contributed by atoms with Crippen molar-refractivity contribution < 1.29 is 4.79 Å². The molecule has 1 amide bonds. The Morgan fingerprint density at radius 2 is 1.84 bits per heavy atom. The molecule has 0 radical (unpaired) electrons. The molecule has 0 fully saturated rings. The second kappa shape index (κ2) is 14.3. The summed E-state index contributed by atoms with van der Waals surface area (Å²) in [5.41, 5.74) is 12.5. The lowest BCUT2D eigenvalue weighted by Gasteiger charge is -2.14. The number of hydrogen-bond donors (Lipinski definition) is 3. The van der Waals surface area contributed by atoms with Crippen LogP contribution in [0.3, 0.4) is 0 Å². The molecule has 3 rings (SSSR count). The molecule has 4 N–H and O–H groups in total. The van der Waals surface area contributed by atoms with Gasteiger partial charge in [-0.15, -0.1) is 15.3 Å². The highest BCUT2D eigenvalue weighted by atomic mass is 32.1. The molecule has 9 heteroatoms. The van der Waals surface area contributed by atoms with Gasteiger partial charge in [-0.2, -0.15) is 5.10 Å². The minimum atomic E-state index is -0.0850. The molecule has 0 aliphatic carbocycles. The zero-order valence-electron chi connectivity index (χ0n) is 22.0. The number of allylic oxidation sites excluding steroid dienone is 2. The van der Waals surface area contributed by atoms with Crippen LogP contribution in [0.1, 0.15) is 67.4 Å². The number of carbonyl (C=O) groups excluding carboxylic acids is 1. The Morgan fingerprint density at radius 1 is 1.05 bits per heavy atom. The van der Waals surface area contributed by atoms with Crippen molar-refractivity contribution in [2.24, 2.45) is 5.73 Å². The zero-order valence-corrected chi connectivity index (χ0v) is 22.8. The van der Waals surface area contributed by atoms with Gasteiger partial charge < -0.3 is 16.4 Å². The number of nitrogens with two attached hydrogens (primary N) is 1. The molecule has 0 saturated carbocycles. The second-order valence-electron chi connectivity index (χ2n) is 9.00. The first-order chi connectivity index (χ1) is 17.9. The monoisotopic (exact) mass is 519 g/mol. The summed E-state index contributed by atoms with van der Waals surface area (Å²) in [7, 11) is 0. The Balaban J connectivity index is 1.40. The predicted octanol–water partition coefficient (Wildman–Crippen LogP) is 5.38. The average molecular weight is 520 g/mol. The number of hydrogen-bond acceptors (Lipinski definition) is 8. The fourth-order valence-electron chi connectivity index (χ4n) is 3.96. The van der Waals surface area contributed by atoms with Gasteiger partial charge in [0.25, 0.3) is 0 Å². The number of nitrogens with zero attached hydrogens (tertiary/aromatic N) is 4. The topological polar surface area (TPSA) is 119 Å². The smallest absolute Gasteiger partial charge is 0.229 e. The Kier molecular flexibility index (Phi) is 10.9. The lowest BCUT2D eigenvalue weighted by Crippen LogP contribution is -2.13. The van der Waals surface area contributed by atoms with E-state index in [1.807, 2.05) is 26.0 Å². The first kappa shape index (κ1) is 28.1. The summed E-state index contributed by atoms with van der Waals surface area (Å²) < 4.78 is 0. The summed E-state index contributed by atoms with van der Waals surface area (Å²) >= 11 is 1.56. The Morgan fingerprint density at radius 3 is 2.54 bits per heavy atom. The summed E-state index contributed by atoms with van der Waals surface area (Å²) in [6, 6.07) is 10.0. The first-order valence-corrected chi connectivity index (χ1v) is 13.5. The van der Waals surface area contributed by atoms with Gasteiger partial charge in [-0.1, -0.05) is 54.7 Å². The van der Waals surface area contributed by atoms with Crippen molar-refractivity contribution in [2.45, 2.75) is 72.3 Å².